The maximum atomic E-state index is 5.71. The molecule has 1 rings (SSSR count). The van der Waals surface area contributed by atoms with Gasteiger partial charge in [0, 0.05) is 6.04 Å². The molecule has 0 aromatic heterocycles. The van der Waals surface area contributed by atoms with E-state index in [0.717, 1.165) is 11.5 Å². The van der Waals surface area contributed by atoms with Crippen molar-refractivity contribution in [2.75, 3.05) is 7.11 Å². The molecule has 1 aromatic rings. The zero-order valence-corrected chi connectivity index (χ0v) is 8.86. The summed E-state index contributed by atoms with van der Waals surface area (Å²) >= 11 is 0. The van der Waals surface area contributed by atoms with Gasteiger partial charge in [-0.25, -0.2) is 0 Å². The lowest BCUT2D eigenvalue weighted by Crippen LogP contribution is -2.33. The van der Waals surface area contributed by atoms with E-state index in [4.69, 9.17) is 15.2 Å². The highest BCUT2D eigenvalue weighted by Crippen LogP contribution is 2.26. The Balaban J connectivity index is 2.75. The Morgan fingerprint density at radius 3 is 2.21 bits per heavy atom. The predicted molar refractivity (Wildman–Crippen MR) is 56.7 cm³/mol. The van der Waals surface area contributed by atoms with Gasteiger partial charge in [0.1, 0.15) is 6.10 Å². The van der Waals surface area contributed by atoms with Gasteiger partial charge in [-0.1, -0.05) is 12.1 Å². The molecule has 3 nitrogen and oxygen atoms in total. The minimum Gasteiger partial charge on any atom is -0.493 e. The number of hydrogen-bond donors (Lipinski definition) is 1. The summed E-state index contributed by atoms with van der Waals surface area (Å²) in [7, 11) is 1.62. The molecule has 14 heavy (non-hydrogen) atoms. The number of ether oxygens (including phenoxy) is 2. The highest BCUT2D eigenvalue weighted by molar-refractivity contribution is 5.39. The Hall–Kier alpha value is -1.22. The van der Waals surface area contributed by atoms with Crippen LogP contribution in [0.3, 0.4) is 0 Å². The number of benzene rings is 1. The van der Waals surface area contributed by atoms with E-state index >= 15 is 0 Å². The van der Waals surface area contributed by atoms with E-state index in [9.17, 15) is 0 Å². The van der Waals surface area contributed by atoms with Crippen molar-refractivity contribution in [2.45, 2.75) is 26.0 Å². The molecule has 0 radical (unpaired) electrons. The zero-order chi connectivity index (χ0) is 10.6. The summed E-state index contributed by atoms with van der Waals surface area (Å²) in [5, 5.41) is 0. The van der Waals surface area contributed by atoms with Crippen LogP contribution in [0.15, 0.2) is 24.3 Å². The van der Waals surface area contributed by atoms with Crippen LogP contribution in [-0.2, 0) is 0 Å². The average Bonchev–Trinajstić information content (AvgIpc) is 2.18. The van der Waals surface area contributed by atoms with Gasteiger partial charge in [-0.3, -0.25) is 0 Å². The molecule has 2 N–H and O–H groups in total. The Morgan fingerprint density at radius 1 is 1.14 bits per heavy atom. The molecule has 0 spiro atoms. The van der Waals surface area contributed by atoms with E-state index in [1.165, 1.54) is 0 Å². The minimum atomic E-state index is -0.0219. The minimum absolute atomic E-state index is 0.0000813. The first-order valence-electron chi connectivity index (χ1n) is 4.70. The highest BCUT2D eigenvalue weighted by atomic mass is 16.5. The topological polar surface area (TPSA) is 44.5 Å². The maximum Gasteiger partial charge on any atom is 0.161 e. The largest absolute Gasteiger partial charge is 0.493 e. The van der Waals surface area contributed by atoms with Crippen molar-refractivity contribution < 1.29 is 9.47 Å². The number of nitrogens with two attached hydrogens (primary N) is 1. The van der Waals surface area contributed by atoms with Crippen molar-refractivity contribution >= 4 is 0 Å². The zero-order valence-electron chi connectivity index (χ0n) is 8.86. The standard InChI is InChI=1S/C11H17NO2/c1-8(12)9(2)14-11-7-5-4-6-10(11)13-3/h4-9H,12H2,1-3H3/t8-,9?/m1/s1. The Kier molecular flexibility index (Phi) is 3.77. The lowest BCUT2D eigenvalue weighted by Gasteiger charge is -2.19. The molecule has 1 aromatic carbocycles. The molecule has 3 heteroatoms. The van der Waals surface area contributed by atoms with Crippen LogP contribution < -0.4 is 15.2 Å². The summed E-state index contributed by atoms with van der Waals surface area (Å²) < 4.78 is 10.8. The van der Waals surface area contributed by atoms with Gasteiger partial charge in [-0.15, -0.1) is 0 Å². The second-order valence-corrected chi connectivity index (χ2v) is 3.33. The molecule has 0 aliphatic rings. The maximum absolute atomic E-state index is 5.71. The SMILES string of the molecule is COc1ccccc1OC(C)[C@@H](C)N. The van der Waals surface area contributed by atoms with Crippen molar-refractivity contribution in [3.05, 3.63) is 24.3 Å². The molecule has 1 unspecified atom stereocenters. The van der Waals surface area contributed by atoms with Crippen LogP contribution in [0.2, 0.25) is 0 Å². The normalized spacial score (nSPS) is 14.6. The fourth-order valence-electron chi connectivity index (χ4n) is 1.02. The van der Waals surface area contributed by atoms with Crippen LogP contribution in [0, 0.1) is 0 Å². The molecule has 0 heterocycles. The van der Waals surface area contributed by atoms with Crippen LogP contribution in [0.4, 0.5) is 0 Å². The van der Waals surface area contributed by atoms with Crippen molar-refractivity contribution in [2.24, 2.45) is 5.73 Å². The molecular weight excluding hydrogens is 178 g/mol. The van der Waals surface area contributed by atoms with E-state index in [0.29, 0.717) is 0 Å². The van der Waals surface area contributed by atoms with Gasteiger partial charge in [-0.05, 0) is 26.0 Å². The number of para-hydroxylation sites is 2. The molecule has 0 saturated heterocycles. The second-order valence-electron chi connectivity index (χ2n) is 3.33. The molecular formula is C11H17NO2. The Morgan fingerprint density at radius 2 is 1.71 bits per heavy atom. The molecule has 0 aliphatic carbocycles. The Labute approximate surface area is 84.8 Å². The molecule has 0 bridgehead atoms. The second kappa shape index (κ2) is 4.86. The summed E-state index contributed by atoms with van der Waals surface area (Å²) in [5.41, 5.74) is 5.71. The molecule has 0 fully saturated rings. The smallest absolute Gasteiger partial charge is 0.161 e. The third-order valence-electron chi connectivity index (χ3n) is 2.12. The van der Waals surface area contributed by atoms with Crippen molar-refractivity contribution in [3.63, 3.8) is 0 Å². The van der Waals surface area contributed by atoms with Crippen LogP contribution >= 0.6 is 0 Å². The number of methoxy groups -OCH3 is 1. The lowest BCUT2D eigenvalue weighted by atomic mass is 10.2. The summed E-state index contributed by atoms with van der Waals surface area (Å²) in [4.78, 5) is 0. The molecule has 0 aliphatic heterocycles. The fraction of sp³-hybridized carbons (Fsp3) is 0.455. The van der Waals surface area contributed by atoms with E-state index in [1.807, 2.05) is 38.1 Å². The van der Waals surface area contributed by atoms with Crippen molar-refractivity contribution in [3.8, 4) is 11.5 Å². The predicted octanol–water partition coefficient (Wildman–Crippen LogP) is 1.81. The first-order chi connectivity index (χ1) is 6.65. The molecule has 0 amide bonds. The quantitative estimate of drug-likeness (QED) is 0.796. The van der Waals surface area contributed by atoms with E-state index < -0.39 is 0 Å². The number of rotatable bonds is 4. The third-order valence-corrected chi connectivity index (χ3v) is 2.12. The lowest BCUT2D eigenvalue weighted by molar-refractivity contribution is 0.188. The van der Waals surface area contributed by atoms with Gasteiger partial charge in [0.15, 0.2) is 11.5 Å². The average molecular weight is 195 g/mol. The number of hydrogen-bond acceptors (Lipinski definition) is 3. The van der Waals surface area contributed by atoms with E-state index in [2.05, 4.69) is 0 Å². The van der Waals surface area contributed by atoms with Crippen LogP contribution in [0.5, 0.6) is 11.5 Å². The molecule has 78 valence electrons. The van der Waals surface area contributed by atoms with Crippen LogP contribution in [0.1, 0.15) is 13.8 Å². The van der Waals surface area contributed by atoms with Gasteiger partial charge in [-0.2, -0.15) is 0 Å². The third kappa shape index (κ3) is 2.64. The highest BCUT2D eigenvalue weighted by Gasteiger charge is 2.11. The van der Waals surface area contributed by atoms with Gasteiger partial charge < -0.3 is 15.2 Å². The van der Waals surface area contributed by atoms with Crippen LogP contribution in [-0.4, -0.2) is 19.3 Å². The van der Waals surface area contributed by atoms with E-state index in [-0.39, 0.29) is 12.1 Å². The van der Waals surface area contributed by atoms with Gasteiger partial charge in [0.05, 0.1) is 7.11 Å². The summed E-state index contributed by atoms with van der Waals surface area (Å²) in [6.45, 7) is 3.86. The fourth-order valence-corrected chi connectivity index (χ4v) is 1.02. The van der Waals surface area contributed by atoms with Crippen molar-refractivity contribution in [1.29, 1.82) is 0 Å². The van der Waals surface area contributed by atoms with Crippen LogP contribution in [0.25, 0.3) is 0 Å². The monoisotopic (exact) mass is 195 g/mol. The first kappa shape index (κ1) is 10.9. The Bertz CT molecular complexity index is 286. The first-order valence-corrected chi connectivity index (χ1v) is 4.70. The molecule has 2 atom stereocenters. The summed E-state index contributed by atoms with van der Waals surface area (Å²) in [6.07, 6.45) is -0.0219. The summed E-state index contributed by atoms with van der Waals surface area (Å²) in [6, 6.07) is 7.55. The molecule has 0 saturated carbocycles. The van der Waals surface area contributed by atoms with Gasteiger partial charge >= 0.3 is 0 Å². The summed E-state index contributed by atoms with van der Waals surface area (Å²) in [5.74, 6) is 1.47. The van der Waals surface area contributed by atoms with E-state index in [1.54, 1.807) is 7.11 Å². The van der Waals surface area contributed by atoms with Gasteiger partial charge in [0.25, 0.3) is 0 Å². The van der Waals surface area contributed by atoms with Gasteiger partial charge in [0.2, 0.25) is 0 Å². The van der Waals surface area contributed by atoms with Crippen molar-refractivity contribution in [1.82, 2.24) is 0 Å².